The highest BCUT2D eigenvalue weighted by molar-refractivity contribution is 7.46. The normalized spacial score (nSPS) is 12.5. The van der Waals surface area contributed by atoms with Crippen molar-refractivity contribution < 1.29 is 37.8 Å². The van der Waals surface area contributed by atoms with E-state index < -0.39 is 7.82 Å². The summed E-state index contributed by atoms with van der Waals surface area (Å²) in [5, 5.41) is 0. The van der Waals surface area contributed by atoms with Gasteiger partial charge in [-0.1, -0.05) is 134 Å². The second-order valence-corrected chi connectivity index (χ2v) is 12.7. The summed E-state index contributed by atoms with van der Waals surface area (Å²) in [4.78, 5) is 17.2. The van der Waals surface area contributed by atoms with Gasteiger partial charge in [0.05, 0.1) is 46.2 Å². The molecule has 9 heteroatoms. The number of rotatable bonds is 33. The zero-order chi connectivity index (χ0) is 31.1. The first-order chi connectivity index (χ1) is 21.0. The fourth-order valence-corrected chi connectivity index (χ4v) is 5.32. The molecule has 0 aliphatic carbocycles. The summed E-state index contributed by atoms with van der Waals surface area (Å²) in [5.41, 5.74) is 0. The molecule has 1 rings (SSSR count). The van der Waals surface area contributed by atoms with E-state index in [4.69, 9.17) is 28.7 Å². The molecule has 2 N–H and O–H groups in total. The van der Waals surface area contributed by atoms with Gasteiger partial charge in [0.25, 0.3) is 0 Å². The first kappa shape index (κ1) is 40.0. The maximum absolute atomic E-state index is 10.6. The van der Waals surface area contributed by atoms with Crippen molar-refractivity contribution >= 4 is 7.82 Å². The molecule has 0 amide bonds. The summed E-state index contributed by atoms with van der Waals surface area (Å²) in [7, 11) is -4.43. The maximum atomic E-state index is 10.6. The van der Waals surface area contributed by atoms with Gasteiger partial charge in [-0.05, 0) is 25.0 Å². The zero-order valence-electron chi connectivity index (χ0n) is 27.1. The smallest absolute Gasteiger partial charge is 0.469 e. The number of phosphoric acid groups is 1. The van der Waals surface area contributed by atoms with Gasteiger partial charge in [-0.2, -0.15) is 0 Å². The Kier molecular flexibility index (Phi) is 27.7. The highest BCUT2D eigenvalue weighted by Gasteiger charge is 2.13. The molecular formula is C34H63O8P. The third-order valence-electron chi connectivity index (χ3n) is 7.46. The Morgan fingerprint density at radius 2 is 1.00 bits per heavy atom. The van der Waals surface area contributed by atoms with Crippen LogP contribution in [0.4, 0.5) is 0 Å². The molecule has 0 saturated carbocycles. The molecular weight excluding hydrogens is 567 g/mol. The Bertz CT molecular complexity index is 745. The largest absolute Gasteiger partial charge is 0.488 e. The average molecular weight is 631 g/mol. The van der Waals surface area contributed by atoms with E-state index in [1.54, 1.807) is 0 Å². The summed E-state index contributed by atoms with van der Waals surface area (Å²) in [6, 6.07) is 9.92. The number of para-hydroxylation sites is 1. The summed E-state index contributed by atoms with van der Waals surface area (Å²) in [5.74, 6) is 0.870. The van der Waals surface area contributed by atoms with E-state index in [1.807, 2.05) is 30.3 Å². The van der Waals surface area contributed by atoms with Crippen molar-refractivity contribution in [2.45, 2.75) is 135 Å². The molecule has 0 fully saturated rings. The standard InChI is InChI=1S/C34H63O8P/c1-2-3-4-5-6-7-8-9-10-11-12-13-14-15-16-17-18-20-25-34(42-33-23-21-19-22-24-33)32-40-29-28-38-26-27-39-30-31-41-43(35,36)37/h19,21-24,34H,2-18,20,25-32H2,1H3,(H2,35,36,37). The van der Waals surface area contributed by atoms with Gasteiger partial charge in [-0.15, -0.1) is 0 Å². The monoisotopic (exact) mass is 630 g/mol. The van der Waals surface area contributed by atoms with Gasteiger partial charge in [-0.25, -0.2) is 4.57 Å². The van der Waals surface area contributed by atoms with Crippen molar-refractivity contribution in [3.05, 3.63) is 30.3 Å². The van der Waals surface area contributed by atoms with Crippen LogP contribution in [0, 0.1) is 0 Å². The molecule has 252 valence electrons. The van der Waals surface area contributed by atoms with Crippen LogP contribution in [0.1, 0.15) is 129 Å². The van der Waals surface area contributed by atoms with Gasteiger partial charge in [0.1, 0.15) is 11.9 Å². The van der Waals surface area contributed by atoms with Crippen molar-refractivity contribution in [1.82, 2.24) is 0 Å². The molecule has 1 unspecified atom stereocenters. The number of ether oxygens (including phenoxy) is 4. The van der Waals surface area contributed by atoms with Crippen LogP contribution in [-0.4, -0.2) is 62.1 Å². The van der Waals surface area contributed by atoms with Gasteiger partial charge in [0, 0.05) is 0 Å². The third-order valence-corrected chi connectivity index (χ3v) is 7.98. The van der Waals surface area contributed by atoms with Crippen LogP contribution in [0.25, 0.3) is 0 Å². The van der Waals surface area contributed by atoms with E-state index >= 15 is 0 Å². The summed E-state index contributed by atoms with van der Waals surface area (Å²) in [6.07, 6.45) is 25.7. The van der Waals surface area contributed by atoms with Gasteiger partial charge in [0.15, 0.2) is 0 Å². The lowest BCUT2D eigenvalue weighted by Gasteiger charge is -2.19. The molecule has 0 saturated heterocycles. The van der Waals surface area contributed by atoms with Crippen LogP contribution in [0.2, 0.25) is 0 Å². The SMILES string of the molecule is CCCCCCCCCCCCCCCCCCCCC(COCCOCCOCCOP(=O)(O)O)Oc1ccccc1. The number of unbranched alkanes of at least 4 members (excludes halogenated alkanes) is 17. The zero-order valence-corrected chi connectivity index (χ0v) is 28.0. The molecule has 1 aromatic rings. The molecule has 43 heavy (non-hydrogen) atoms. The fourth-order valence-electron chi connectivity index (χ4n) is 5.01. The number of benzene rings is 1. The second kappa shape index (κ2) is 29.7. The van der Waals surface area contributed by atoms with Gasteiger partial charge in [0.2, 0.25) is 0 Å². The fraction of sp³-hybridized carbons (Fsp3) is 0.824. The Labute approximate surface area is 262 Å². The van der Waals surface area contributed by atoms with Crippen LogP contribution in [-0.2, 0) is 23.3 Å². The lowest BCUT2D eigenvalue weighted by molar-refractivity contribution is -0.00956. The van der Waals surface area contributed by atoms with Crippen LogP contribution in [0.15, 0.2) is 30.3 Å². The second-order valence-electron chi connectivity index (χ2n) is 11.5. The Hall–Kier alpha value is -0.990. The van der Waals surface area contributed by atoms with Gasteiger partial charge >= 0.3 is 7.82 Å². The molecule has 1 atom stereocenters. The average Bonchev–Trinajstić information content (AvgIpc) is 2.99. The summed E-state index contributed by atoms with van der Waals surface area (Å²) in [6.45, 7) is 4.36. The van der Waals surface area contributed by atoms with Crippen LogP contribution >= 0.6 is 7.82 Å². The van der Waals surface area contributed by atoms with E-state index in [0.29, 0.717) is 33.0 Å². The summed E-state index contributed by atoms with van der Waals surface area (Å²) >= 11 is 0. The van der Waals surface area contributed by atoms with Crippen LogP contribution in [0.5, 0.6) is 5.75 Å². The molecule has 0 heterocycles. The molecule has 0 radical (unpaired) electrons. The third kappa shape index (κ3) is 29.5. The molecule has 0 aromatic heterocycles. The number of hydrogen-bond acceptors (Lipinski definition) is 6. The molecule has 0 bridgehead atoms. The predicted molar refractivity (Wildman–Crippen MR) is 175 cm³/mol. The topological polar surface area (TPSA) is 104 Å². The lowest BCUT2D eigenvalue weighted by atomic mass is 10.0. The predicted octanol–water partition coefficient (Wildman–Crippen LogP) is 9.02. The van der Waals surface area contributed by atoms with Gasteiger partial charge in [-0.3, -0.25) is 4.52 Å². The van der Waals surface area contributed by atoms with Crippen LogP contribution in [0.3, 0.4) is 0 Å². The maximum Gasteiger partial charge on any atom is 0.469 e. The molecule has 0 aliphatic rings. The molecule has 0 aliphatic heterocycles. The molecule has 0 spiro atoms. The Morgan fingerprint density at radius 1 is 0.581 bits per heavy atom. The van der Waals surface area contributed by atoms with E-state index in [1.165, 1.54) is 109 Å². The minimum atomic E-state index is -4.43. The van der Waals surface area contributed by atoms with Crippen molar-refractivity contribution in [1.29, 1.82) is 0 Å². The van der Waals surface area contributed by atoms with Crippen LogP contribution < -0.4 is 4.74 Å². The van der Waals surface area contributed by atoms with E-state index in [0.717, 1.165) is 18.6 Å². The van der Waals surface area contributed by atoms with Gasteiger partial charge < -0.3 is 28.7 Å². The Morgan fingerprint density at radius 3 is 1.47 bits per heavy atom. The van der Waals surface area contributed by atoms with Crippen molar-refractivity contribution in [2.75, 3.05) is 46.2 Å². The minimum Gasteiger partial charge on any atom is -0.488 e. The van der Waals surface area contributed by atoms with Crippen molar-refractivity contribution in [2.24, 2.45) is 0 Å². The van der Waals surface area contributed by atoms with Crippen molar-refractivity contribution in [3.63, 3.8) is 0 Å². The highest BCUT2D eigenvalue weighted by Crippen LogP contribution is 2.35. The summed E-state index contributed by atoms with van der Waals surface area (Å²) < 4.78 is 37.6. The highest BCUT2D eigenvalue weighted by atomic mass is 31.2. The lowest BCUT2D eigenvalue weighted by Crippen LogP contribution is -2.24. The van der Waals surface area contributed by atoms with E-state index in [2.05, 4.69) is 11.4 Å². The molecule has 8 nitrogen and oxygen atoms in total. The number of hydrogen-bond donors (Lipinski definition) is 2. The van der Waals surface area contributed by atoms with E-state index in [-0.39, 0.29) is 19.3 Å². The quantitative estimate of drug-likeness (QED) is 0.0586. The van der Waals surface area contributed by atoms with Crippen molar-refractivity contribution in [3.8, 4) is 5.75 Å². The van der Waals surface area contributed by atoms with E-state index in [9.17, 15) is 4.57 Å². The number of phosphoric ester groups is 1. The first-order valence-corrected chi connectivity index (χ1v) is 18.7. The first-order valence-electron chi connectivity index (χ1n) is 17.2. The molecule has 1 aromatic carbocycles. The minimum absolute atomic E-state index is 0.0146. The Balaban J connectivity index is 2.00.